The molecule has 0 aliphatic heterocycles. The summed E-state index contributed by atoms with van der Waals surface area (Å²) in [7, 11) is 0. The molecule has 1 saturated carbocycles. The molecule has 0 saturated heterocycles. The molecule has 1 aromatic rings. The maximum absolute atomic E-state index is 10.9. The van der Waals surface area contributed by atoms with Gasteiger partial charge in [0.2, 0.25) is 0 Å². The standard InChI is InChI=1S/C16H20O/c17-12-13-6-7-15-14(11-13)5-4-10-16(15)8-2-1-3-9-16/h6-7,11-12H,1-5,8-10H2. The number of carbonyl (C=O) groups excluding carboxylic acids is 1. The summed E-state index contributed by atoms with van der Waals surface area (Å²) in [4.78, 5) is 10.9. The van der Waals surface area contributed by atoms with Crippen LogP contribution < -0.4 is 0 Å². The third kappa shape index (κ3) is 1.82. The molecule has 0 aromatic heterocycles. The summed E-state index contributed by atoms with van der Waals surface area (Å²) in [5.74, 6) is 0. The largest absolute Gasteiger partial charge is 0.298 e. The van der Waals surface area contributed by atoms with E-state index in [1.165, 1.54) is 56.9 Å². The molecule has 0 heterocycles. The molecule has 1 aromatic carbocycles. The van der Waals surface area contributed by atoms with E-state index in [4.69, 9.17) is 0 Å². The van der Waals surface area contributed by atoms with Gasteiger partial charge in [-0.25, -0.2) is 0 Å². The van der Waals surface area contributed by atoms with Gasteiger partial charge in [0.25, 0.3) is 0 Å². The van der Waals surface area contributed by atoms with Gasteiger partial charge >= 0.3 is 0 Å². The second kappa shape index (κ2) is 4.29. The first-order valence-electron chi connectivity index (χ1n) is 6.93. The number of aryl methyl sites for hydroxylation is 1. The second-order valence-electron chi connectivity index (χ2n) is 5.73. The zero-order valence-electron chi connectivity index (χ0n) is 10.4. The van der Waals surface area contributed by atoms with Crippen LogP contribution in [0.2, 0.25) is 0 Å². The van der Waals surface area contributed by atoms with Crippen LogP contribution in [0.4, 0.5) is 0 Å². The fraction of sp³-hybridized carbons (Fsp3) is 0.562. The Bertz CT molecular complexity index is 427. The van der Waals surface area contributed by atoms with Crippen LogP contribution in [0, 0.1) is 0 Å². The average molecular weight is 228 g/mol. The Morgan fingerprint density at radius 1 is 1.00 bits per heavy atom. The van der Waals surface area contributed by atoms with E-state index in [9.17, 15) is 4.79 Å². The highest BCUT2D eigenvalue weighted by molar-refractivity contribution is 5.75. The van der Waals surface area contributed by atoms with Crippen molar-refractivity contribution in [2.75, 3.05) is 0 Å². The van der Waals surface area contributed by atoms with E-state index in [1.807, 2.05) is 6.07 Å². The molecule has 2 aliphatic rings. The van der Waals surface area contributed by atoms with Crippen LogP contribution in [-0.2, 0) is 11.8 Å². The molecule has 90 valence electrons. The normalized spacial score (nSPS) is 22.1. The fourth-order valence-corrected chi connectivity index (χ4v) is 3.91. The van der Waals surface area contributed by atoms with E-state index in [-0.39, 0.29) is 0 Å². The molecule has 3 rings (SSSR count). The number of carbonyl (C=O) groups is 1. The molecule has 0 unspecified atom stereocenters. The Labute approximate surface area is 103 Å². The van der Waals surface area contributed by atoms with Crippen LogP contribution in [0.1, 0.15) is 66.4 Å². The van der Waals surface area contributed by atoms with E-state index < -0.39 is 0 Å². The summed E-state index contributed by atoms with van der Waals surface area (Å²) in [6.45, 7) is 0. The molecule has 1 nitrogen and oxygen atoms in total. The third-order valence-corrected chi connectivity index (χ3v) is 4.75. The first-order valence-corrected chi connectivity index (χ1v) is 6.93. The van der Waals surface area contributed by atoms with Gasteiger partial charge in [-0.05, 0) is 54.7 Å². The zero-order chi connectivity index (χ0) is 11.7. The molecule has 0 amide bonds. The minimum absolute atomic E-state index is 0.466. The van der Waals surface area contributed by atoms with Crippen LogP contribution >= 0.6 is 0 Å². The lowest BCUT2D eigenvalue weighted by molar-refractivity contribution is 0.112. The topological polar surface area (TPSA) is 17.1 Å². The molecule has 0 N–H and O–H groups in total. The summed E-state index contributed by atoms with van der Waals surface area (Å²) in [6.07, 6.45) is 11.7. The summed E-state index contributed by atoms with van der Waals surface area (Å²) < 4.78 is 0. The smallest absolute Gasteiger partial charge is 0.150 e. The van der Waals surface area contributed by atoms with Crippen LogP contribution in [0.15, 0.2) is 18.2 Å². The van der Waals surface area contributed by atoms with Gasteiger partial charge in [0, 0.05) is 5.56 Å². The van der Waals surface area contributed by atoms with Crippen molar-refractivity contribution < 1.29 is 4.79 Å². The lowest BCUT2D eigenvalue weighted by atomic mass is 9.62. The van der Waals surface area contributed by atoms with Crippen molar-refractivity contribution in [1.29, 1.82) is 0 Å². The van der Waals surface area contributed by atoms with E-state index in [2.05, 4.69) is 12.1 Å². The molecule has 2 aliphatic carbocycles. The van der Waals surface area contributed by atoms with Crippen molar-refractivity contribution in [2.24, 2.45) is 0 Å². The molecule has 0 radical (unpaired) electrons. The third-order valence-electron chi connectivity index (χ3n) is 4.75. The van der Waals surface area contributed by atoms with Gasteiger partial charge in [-0.2, -0.15) is 0 Å². The van der Waals surface area contributed by atoms with Gasteiger partial charge in [-0.3, -0.25) is 4.79 Å². The number of hydrogen-bond donors (Lipinski definition) is 0. The van der Waals surface area contributed by atoms with Gasteiger partial charge < -0.3 is 0 Å². The lowest BCUT2D eigenvalue weighted by Crippen LogP contribution is -2.33. The molecule has 1 spiro atoms. The predicted molar refractivity (Wildman–Crippen MR) is 69.5 cm³/mol. The van der Waals surface area contributed by atoms with Crippen molar-refractivity contribution in [3.8, 4) is 0 Å². The van der Waals surface area contributed by atoms with Gasteiger partial charge in [-0.1, -0.05) is 31.4 Å². The molecular weight excluding hydrogens is 208 g/mol. The summed E-state index contributed by atoms with van der Waals surface area (Å²) >= 11 is 0. The number of fused-ring (bicyclic) bond motifs is 2. The molecule has 0 bridgehead atoms. The lowest BCUT2D eigenvalue weighted by Gasteiger charge is -2.42. The molecule has 0 atom stereocenters. The Morgan fingerprint density at radius 3 is 2.53 bits per heavy atom. The molecule has 17 heavy (non-hydrogen) atoms. The second-order valence-corrected chi connectivity index (χ2v) is 5.73. The molecule has 1 fully saturated rings. The van der Waals surface area contributed by atoms with Gasteiger partial charge in [0.05, 0.1) is 0 Å². The average Bonchev–Trinajstić information content (AvgIpc) is 2.39. The Balaban J connectivity index is 2.04. The van der Waals surface area contributed by atoms with Crippen LogP contribution in [0.25, 0.3) is 0 Å². The summed E-state index contributed by atoms with van der Waals surface area (Å²) in [6, 6.07) is 6.37. The Hall–Kier alpha value is -1.11. The van der Waals surface area contributed by atoms with Crippen molar-refractivity contribution in [3.05, 3.63) is 34.9 Å². The quantitative estimate of drug-likeness (QED) is 0.663. The van der Waals surface area contributed by atoms with Crippen LogP contribution in [0.5, 0.6) is 0 Å². The van der Waals surface area contributed by atoms with Crippen LogP contribution in [-0.4, -0.2) is 6.29 Å². The Kier molecular flexibility index (Phi) is 2.78. The minimum atomic E-state index is 0.466. The summed E-state index contributed by atoms with van der Waals surface area (Å²) in [5, 5.41) is 0. The molecular formula is C16H20O. The molecule has 1 heteroatoms. The predicted octanol–water partition coefficient (Wildman–Crippen LogP) is 4.04. The van der Waals surface area contributed by atoms with E-state index in [0.29, 0.717) is 5.41 Å². The maximum Gasteiger partial charge on any atom is 0.150 e. The van der Waals surface area contributed by atoms with Gasteiger partial charge in [0.15, 0.2) is 0 Å². The number of benzene rings is 1. The minimum Gasteiger partial charge on any atom is -0.298 e. The number of hydrogen-bond acceptors (Lipinski definition) is 1. The van der Waals surface area contributed by atoms with Crippen LogP contribution in [0.3, 0.4) is 0 Å². The Morgan fingerprint density at radius 2 is 1.76 bits per heavy atom. The maximum atomic E-state index is 10.9. The van der Waals surface area contributed by atoms with E-state index in [0.717, 1.165) is 11.8 Å². The fourth-order valence-electron chi connectivity index (χ4n) is 3.91. The van der Waals surface area contributed by atoms with Crippen molar-refractivity contribution in [3.63, 3.8) is 0 Å². The van der Waals surface area contributed by atoms with E-state index in [1.54, 1.807) is 5.56 Å². The monoisotopic (exact) mass is 228 g/mol. The van der Waals surface area contributed by atoms with E-state index >= 15 is 0 Å². The van der Waals surface area contributed by atoms with Gasteiger partial charge in [-0.15, -0.1) is 0 Å². The highest BCUT2D eigenvalue weighted by atomic mass is 16.1. The number of aldehydes is 1. The van der Waals surface area contributed by atoms with Crippen molar-refractivity contribution in [1.82, 2.24) is 0 Å². The van der Waals surface area contributed by atoms with Gasteiger partial charge in [0.1, 0.15) is 6.29 Å². The number of rotatable bonds is 1. The first-order chi connectivity index (χ1) is 8.34. The van der Waals surface area contributed by atoms with Crippen molar-refractivity contribution in [2.45, 2.75) is 56.8 Å². The first kappa shape index (κ1) is 11.0. The zero-order valence-corrected chi connectivity index (χ0v) is 10.4. The highest BCUT2D eigenvalue weighted by Crippen LogP contribution is 2.47. The summed E-state index contributed by atoms with van der Waals surface area (Å²) in [5.41, 5.74) is 4.32. The highest BCUT2D eigenvalue weighted by Gasteiger charge is 2.37. The SMILES string of the molecule is O=Cc1ccc2c(c1)CCCC21CCCCC1. The van der Waals surface area contributed by atoms with Crippen molar-refractivity contribution >= 4 is 6.29 Å².